The Labute approximate surface area is 122 Å². The average molecular weight is 277 g/mol. The van der Waals surface area contributed by atoms with Crippen LogP contribution in [0.15, 0.2) is 24.4 Å². The molecule has 0 amide bonds. The van der Waals surface area contributed by atoms with E-state index in [1.54, 1.807) is 0 Å². The number of aliphatic hydroxyl groups is 1. The molecule has 20 heavy (non-hydrogen) atoms. The van der Waals surface area contributed by atoms with E-state index in [2.05, 4.69) is 33.8 Å². The van der Waals surface area contributed by atoms with Gasteiger partial charge < -0.3 is 10.0 Å². The number of hydrogen-bond donors (Lipinski definition) is 1. The second-order valence-electron chi connectivity index (χ2n) is 5.78. The number of pyridine rings is 1. The molecule has 1 aliphatic heterocycles. The van der Waals surface area contributed by atoms with Crippen LogP contribution in [0.4, 0.5) is 0 Å². The fourth-order valence-electron chi connectivity index (χ4n) is 2.95. The molecule has 1 N–H and O–H groups in total. The molecule has 4 heteroatoms. The lowest BCUT2D eigenvalue weighted by Crippen LogP contribution is -2.54. The quantitative estimate of drug-likeness (QED) is 0.853. The molecule has 0 spiro atoms. The highest BCUT2D eigenvalue weighted by molar-refractivity contribution is 5.03. The van der Waals surface area contributed by atoms with E-state index in [0.717, 1.165) is 45.6 Å². The summed E-state index contributed by atoms with van der Waals surface area (Å²) in [6.07, 6.45) is 3.80. The minimum absolute atomic E-state index is 0.232. The minimum atomic E-state index is -0.232. The Morgan fingerprint density at radius 2 is 2.25 bits per heavy atom. The molecule has 0 aliphatic carbocycles. The Hall–Kier alpha value is -0.970. The molecule has 0 unspecified atom stereocenters. The summed E-state index contributed by atoms with van der Waals surface area (Å²) in [5.41, 5.74) is 1.17. The van der Waals surface area contributed by atoms with Crippen molar-refractivity contribution in [2.45, 2.75) is 38.8 Å². The van der Waals surface area contributed by atoms with Gasteiger partial charge in [0.15, 0.2) is 0 Å². The summed E-state index contributed by atoms with van der Waals surface area (Å²) >= 11 is 0. The molecular formula is C16H27N3O. The number of aliphatic hydroxyl groups excluding tert-OH is 1. The summed E-state index contributed by atoms with van der Waals surface area (Å²) < 4.78 is 0. The van der Waals surface area contributed by atoms with Gasteiger partial charge in [-0.1, -0.05) is 13.0 Å². The van der Waals surface area contributed by atoms with Crippen LogP contribution in [-0.4, -0.2) is 64.8 Å². The fourth-order valence-corrected chi connectivity index (χ4v) is 2.95. The third kappa shape index (κ3) is 4.54. The van der Waals surface area contributed by atoms with Crippen molar-refractivity contribution < 1.29 is 5.11 Å². The highest BCUT2D eigenvalue weighted by Crippen LogP contribution is 2.13. The smallest absolute Gasteiger partial charge is 0.0639 e. The Balaban J connectivity index is 1.81. The van der Waals surface area contributed by atoms with Crippen molar-refractivity contribution in [2.24, 2.45) is 0 Å². The predicted octanol–water partition coefficient (Wildman–Crippen LogP) is 1.40. The van der Waals surface area contributed by atoms with Gasteiger partial charge in [0, 0.05) is 57.1 Å². The Morgan fingerprint density at radius 3 is 2.90 bits per heavy atom. The number of piperazine rings is 1. The summed E-state index contributed by atoms with van der Waals surface area (Å²) in [6, 6.07) is 6.69. The lowest BCUT2D eigenvalue weighted by molar-refractivity contribution is 0.0370. The Morgan fingerprint density at radius 1 is 1.40 bits per heavy atom. The van der Waals surface area contributed by atoms with Crippen LogP contribution in [0.5, 0.6) is 0 Å². The third-order valence-electron chi connectivity index (χ3n) is 4.07. The first-order chi connectivity index (χ1) is 9.69. The summed E-state index contributed by atoms with van der Waals surface area (Å²) in [6.45, 7) is 9.25. The normalized spacial score (nSPS) is 22.9. The Bertz CT molecular complexity index is 383. The van der Waals surface area contributed by atoms with Gasteiger partial charge in [-0.3, -0.25) is 9.88 Å². The lowest BCUT2D eigenvalue weighted by atomic mass is 10.1. The summed E-state index contributed by atoms with van der Waals surface area (Å²) in [5.74, 6) is 0. The van der Waals surface area contributed by atoms with Crippen molar-refractivity contribution in [1.82, 2.24) is 14.8 Å². The van der Waals surface area contributed by atoms with Gasteiger partial charge in [-0.25, -0.2) is 0 Å². The van der Waals surface area contributed by atoms with Gasteiger partial charge in [-0.2, -0.15) is 0 Å². The molecule has 1 saturated heterocycles. The van der Waals surface area contributed by atoms with Crippen molar-refractivity contribution in [3.63, 3.8) is 0 Å². The molecule has 1 aliphatic rings. The number of aromatic nitrogens is 1. The average Bonchev–Trinajstić information content (AvgIpc) is 2.46. The largest absolute Gasteiger partial charge is 0.392 e. The maximum absolute atomic E-state index is 9.57. The van der Waals surface area contributed by atoms with Crippen molar-refractivity contribution in [3.8, 4) is 0 Å². The van der Waals surface area contributed by atoms with E-state index < -0.39 is 0 Å². The first-order valence-corrected chi connectivity index (χ1v) is 7.73. The van der Waals surface area contributed by atoms with Crippen molar-refractivity contribution in [1.29, 1.82) is 0 Å². The van der Waals surface area contributed by atoms with Gasteiger partial charge in [0.05, 0.1) is 6.10 Å². The van der Waals surface area contributed by atoms with E-state index in [9.17, 15) is 5.11 Å². The van der Waals surface area contributed by atoms with Crippen LogP contribution < -0.4 is 0 Å². The van der Waals surface area contributed by atoms with Crippen LogP contribution in [0.1, 0.15) is 26.0 Å². The molecule has 1 fully saturated rings. The highest BCUT2D eigenvalue weighted by Gasteiger charge is 2.25. The molecular weight excluding hydrogens is 250 g/mol. The molecule has 2 heterocycles. The van der Waals surface area contributed by atoms with E-state index in [4.69, 9.17) is 0 Å². The maximum Gasteiger partial charge on any atom is 0.0639 e. The van der Waals surface area contributed by atoms with Crippen LogP contribution in [0.25, 0.3) is 0 Å². The van der Waals surface area contributed by atoms with Gasteiger partial charge >= 0.3 is 0 Å². The fraction of sp³-hybridized carbons (Fsp3) is 0.688. The van der Waals surface area contributed by atoms with Gasteiger partial charge in [-0.15, -0.1) is 0 Å². The molecule has 112 valence electrons. The summed E-state index contributed by atoms with van der Waals surface area (Å²) in [4.78, 5) is 9.35. The molecule has 1 aromatic heterocycles. The van der Waals surface area contributed by atoms with Gasteiger partial charge in [-0.05, 0) is 25.5 Å². The first-order valence-electron chi connectivity index (χ1n) is 7.73. The third-order valence-corrected chi connectivity index (χ3v) is 4.07. The zero-order valence-electron chi connectivity index (χ0n) is 12.7. The predicted molar refractivity (Wildman–Crippen MR) is 81.7 cm³/mol. The lowest BCUT2D eigenvalue weighted by Gasteiger charge is -2.41. The molecule has 4 nitrogen and oxygen atoms in total. The number of nitrogens with zero attached hydrogens (tertiary/aromatic N) is 3. The molecule has 0 saturated carbocycles. The van der Waals surface area contributed by atoms with Crippen molar-refractivity contribution >= 4 is 0 Å². The van der Waals surface area contributed by atoms with E-state index in [-0.39, 0.29) is 6.10 Å². The highest BCUT2D eigenvalue weighted by atomic mass is 16.3. The van der Waals surface area contributed by atoms with Gasteiger partial charge in [0.1, 0.15) is 0 Å². The second-order valence-corrected chi connectivity index (χ2v) is 5.78. The Kier molecular flexibility index (Phi) is 5.95. The van der Waals surface area contributed by atoms with Crippen LogP contribution in [-0.2, 0) is 6.42 Å². The summed E-state index contributed by atoms with van der Waals surface area (Å²) in [7, 11) is 0. The minimum Gasteiger partial charge on any atom is -0.392 e. The molecule has 0 bridgehead atoms. The number of hydrogen-bond acceptors (Lipinski definition) is 4. The molecule has 1 aromatic rings. The van der Waals surface area contributed by atoms with Crippen LogP contribution >= 0.6 is 0 Å². The van der Waals surface area contributed by atoms with Crippen molar-refractivity contribution in [2.75, 3.05) is 32.7 Å². The monoisotopic (exact) mass is 277 g/mol. The van der Waals surface area contributed by atoms with Gasteiger partial charge in [0.25, 0.3) is 0 Å². The van der Waals surface area contributed by atoms with Crippen LogP contribution in [0, 0.1) is 0 Å². The molecule has 2 rings (SSSR count). The first kappa shape index (κ1) is 15.4. The van der Waals surface area contributed by atoms with Crippen LogP contribution in [0.3, 0.4) is 0 Å². The van der Waals surface area contributed by atoms with Gasteiger partial charge in [0.2, 0.25) is 0 Å². The van der Waals surface area contributed by atoms with E-state index in [1.807, 2.05) is 19.2 Å². The zero-order valence-corrected chi connectivity index (χ0v) is 12.7. The van der Waals surface area contributed by atoms with Crippen molar-refractivity contribution in [3.05, 3.63) is 30.1 Å². The second kappa shape index (κ2) is 7.72. The molecule has 0 aromatic carbocycles. The summed E-state index contributed by atoms with van der Waals surface area (Å²) in [5, 5.41) is 9.57. The maximum atomic E-state index is 9.57. The number of β-amino-alcohol motifs (C(OH)–C–C–N with tert-alkyl or cyclic N) is 1. The molecule has 0 radical (unpaired) electrons. The topological polar surface area (TPSA) is 39.6 Å². The molecule has 2 atom stereocenters. The SMILES string of the molecule is CC[C@@H]1CN(CCc2ccccn2)CCN1C[C@H](C)O. The number of rotatable bonds is 6. The van der Waals surface area contributed by atoms with E-state index in [1.165, 1.54) is 5.69 Å². The van der Waals surface area contributed by atoms with E-state index >= 15 is 0 Å². The van der Waals surface area contributed by atoms with Crippen LogP contribution in [0.2, 0.25) is 0 Å². The van der Waals surface area contributed by atoms with E-state index in [0.29, 0.717) is 6.04 Å². The zero-order chi connectivity index (χ0) is 14.4. The standard InChI is InChI=1S/C16H27N3O/c1-3-16-13-18(10-11-19(16)12-14(2)20)9-7-15-6-4-5-8-17-15/h4-6,8,14,16,20H,3,7,9-13H2,1-2H3/t14-,16+/m0/s1.